The smallest absolute Gasteiger partial charge is 0.265 e. The van der Waals surface area contributed by atoms with E-state index in [2.05, 4.69) is 11.1 Å². The lowest BCUT2D eigenvalue weighted by Crippen LogP contribution is -2.43. The predicted octanol–water partition coefficient (Wildman–Crippen LogP) is 3.94. The number of aromatic nitrogens is 1. The first-order chi connectivity index (χ1) is 14.8. The molecule has 2 heterocycles. The largest absolute Gasteiger partial charge is 0.368 e. The Hall–Kier alpha value is -3.17. The number of hydrogen-bond donors (Lipinski definition) is 1. The summed E-state index contributed by atoms with van der Waals surface area (Å²) < 4.78 is 28.1. The third-order valence-electron chi connectivity index (χ3n) is 5.11. The van der Waals surface area contributed by atoms with Crippen LogP contribution in [-0.2, 0) is 11.2 Å². The Morgan fingerprint density at radius 3 is 2.52 bits per heavy atom. The Kier molecular flexibility index (Phi) is 6.77. The molecule has 2 N–H and O–H groups in total. The summed E-state index contributed by atoms with van der Waals surface area (Å²) in [6, 6.07) is 12.9. The molecule has 1 aromatic carbocycles. The van der Waals surface area contributed by atoms with E-state index in [1.807, 2.05) is 6.07 Å². The summed E-state index contributed by atoms with van der Waals surface area (Å²) in [4.78, 5) is 18.0. The molecular weight excluding hydrogens is 420 g/mol. The number of nitrogens with zero attached hydrogens (tertiary/aromatic N) is 4. The van der Waals surface area contributed by atoms with Gasteiger partial charge >= 0.3 is 0 Å². The van der Waals surface area contributed by atoms with Gasteiger partial charge in [-0.2, -0.15) is 10.5 Å². The van der Waals surface area contributed by atoms with Crippen LogP contribution in [0.4, 0.5) is 14.6 Å². The van der Waals surface area contributed by atoms with Crippen molar-refractivity contribution in [1.82, 2.24) is 4.98 Å². The molecular formula is C22H21F2N5OS. The second-order valence-electron chi connectivity index (χ2n) is 7.24. The fourth-order valence-electron chi connectivity index (χ4n) is 3.67. The Labute approximate surface area is 183 Å². The molecule has 0 saturated carbocycles. The molecule has 0 bridgehead atoms. The van der Waals surface area contributed by atoms with Crippen LogP contribution in [-0.4, -0.2) is 29.9 Å². The topological polar surface area (TPSA) is 107 Å². The summed E-state index contributed by atoms with van der Waals surface area (Å²) in [5.74, 6) is -3.38. The highest BCUT2D eigenvalue weighted by molar-refractivity contribution is 8.00. The van der Waals surface area contributed by atoms with Gasteiger partial charge in [-0.3, -0.25) is 4.79 Å². The van der Waals surface area contributed by atoms with Gasteiger partial charge < -0.3 is 10.6 Å². The number of hydrogen-bond acceptors (Lipinski definition) is 6. The molecule has 160 valence electrons. The molecule has 1 aliphatic rings. The van der Waals surface area contributed by atoms with Crippen molar-refractivity contribution >= 4 is 23.5 Å². The number of thioether (sulfide) groups is 1. The number of piperidine rings is 1. The van der Waals surface area contributed by atoms with Crippen LogP contribution in [0.1, 0.15) is 47.3 Å². The van der Waals surface area contributed by atoms with Gasteiger partial charge in [0.2, 0.25) is 5.91 Å². The Balaban J connectivity index is 2.14. The number of anilines is 1. The van der Waals surface area contributed by atoms with Crippen molar-refractivity contribution in [2.45, 2.75) is 42.4 Å². The standard InChI is InChI=1S/C22H21F2N5OS/c1-2-15-16(11-25)20(29-10-6-9-22(23,24)13-29)28-21(17(15)12-26)31-18(19(27)30)14-7-4-3-5-8-14/h3-5,7-8,18H,2,6,9-10,13H2,1H3,(H2,27,30). The summed E-state index contributed by atoms with van der Waals surface area (Å²) in [6.07, 6.45) is 0.380. The average Bonchev–Trinajstić information content (AvgIpc) is 2.75. The number of rotatable bonds is 6. The van der Waals surface area contributed by atoms with E-state index in [9.17, 15) is 24.1 Å². The molecule has 1 saturated heterocycles. The van der Waals surface area contributed by atoms with Gasteiger partial charge in [0.05, 0.1) is 17.7 Å². The van der Waals surface area contributed by atoms with Gasteiger partial charge in [-0.15, -0.1) is 0 Å². The van der Waals surface area contributed by atoms with E-state index < -0.39 is 23.6 Å². The molecule has 1 aromatic heterocycles. The number of benzene rings is 1. The number of pyridine rings is 1. The van der Waals surface area contributed by atoms with Crippen LogP contribution in [0.5, 0.6) is 0 Å². The molecule has 2 aromatic rings. The third-order valence-corrected chi connectivity index (χ3v) is 6.37. The number of alkyl halides is 2. The Bertz CT molecular complexity index is 1060. The summed E-state index contributed by atoms with van der Waals surface area (Å²) in [5, 5.41) is 18.9. The highest BCUT2D eigenvalue weighted by atomic mass is 32.2. The highest BCUT2D eigenvalue weighted by Crippen LogP contribution is 2.40. The minimum Gasteiger partial charge on any atom is -0.368 e. The zero-order valence-electron chi connectivity index (χ0n) is 16.9. The highest BCUT2D eigenvalue weighted by Gasteiger charge is 2.37. The maximum absolute atomic E-state index is 14.1. The number of nitriles is 2. The van der Waals surface area contributed by atoms with Crippen molar-refractivity contribution in [3.63, 3.8) is 0 Å². The van der Waals surface area contributed by atoms with Gasteiger partial charge in [0.15, 0.2) is 0 Å². The molecule has 0 aliphatic carbocycles. The van der Waals surface area contributed by atoms with Gasteiger partial charge in [0.25, 0.3) is 5.92 Å². The molecule has 31 heavy (non-hydrogen) atoms. The second kappa shape index (κ2) is 9.32. The normalized spacial score (nSPS) is 16.2. The summed E-state index contributed by atoms with van der Waals surface area (Å²) in [7, 11) is 0. The number of carbonyl (C=O) groups excluding carboxylic acids is 1. The zero-order chi connectivity index (χ0) is 22.6. The lowest BCUT2D eigenvalue weighted by atomic mass is 10.0. The summed E-state index contributed by atoms with van der Waals surface area (Å²) >= 11 is 0.996. The lowest BCUT2D eigenvalue weighted by Gasteiger charge is -2.34. The van der Waals surface area contributed by atoms with E-state index in [0.717, 1.165) is 11.8 Å². The van der Waals surface area contributed by atoms with Crippen LogP contribution < -0.4 is 10.6 Å². The first-order valence-electron chi connectivity index (χ1n) is 9.82. The molecule has 1 aliphatic heterocycles. The second-order valence-corrected chi connectivity index (χ2v) is 8.33. The van der Waals surface area contributed by atoms with Crippen LogP contribution in [0.2, 0.25) is 0 Å². The molecule has 0 radical (unpaired) electrons. The fraction of sp³-hybridized carbons (Fsp3) is 0.364. The molecule has 1 fully saturated rings. The van der Waals surface area contributed by atoms with Crippen LogP contribution in [0.3, 0.4) is 0 Å². The third kappa shape index (κ3) is 4.78. The van der Waals surface area contributed by atoms with Crippen molar-refractivity contribution < 1.29 is 13.6 Å². The number of carbonyl (C=O) groups is 1. The number of amides is 1. The predicted molar refractivity (Wildman–Crippen MR) is 114 cm³/mol. The number of halogens is 2. The van der Waals surface area contributed by atoms with Crippen molar-refractivity contribution in [1.29, 1.82) is 10.5 Å². The van der Waals surface area contributed by atoms with E-state index in [1.165, 1.54) is 4.90 Å². The van der Waals surface area contributed by atoms with Crippen LogP contribution in [0, 0.1) is 22.7 Å². The van der Waals surface area contributed by atoms with Crippen LogP contribution >= 0.6 is 11.8 Å². The molecule has 0 spiro atoms. The molecule has 1 amide bonds. The maximum Gasteiger partial charge on any atom is 0.265 e. The van der Waals surface area contributed by atoms with E-state index in [0.29, 0.717) is 24.1 Å². The Morgan fingerprint density at radius 1 is 1.29 bits per heavy atom. The quantitative estimate of drug-likeness (QED) is 0.681. The van der Waals surface area contributed by atoms with Gasteiger partial charge in [-0.25, -0.2) is 13.8 Å². The molecule has 3 rings (SSSR count). The first-order valence-corrected chi connectivity index (χ1v) is 10.7. The molecule has 1 atom stereocenters. The summed E-state index contributed by atoms with van der Waals surface area (Å²) in [5.41, 5.74) is 6.98. The Morgan fingerprint density at radius 2 is 1.97 bits per heavy atom. The SMILES string of the molecule is CCc1c(C#N)c(SC(C(N)=O)c2ccccc2)nc(N2CCCC(F)(F)C2)c1C#N. The van der Waals surface area contributed by atoms with Gasteiger partial charge in [-0.05, 0) is 24.0 Å². The van der Waals surface area contributed by atoms with E-state index in [4.69, 9.17) is 5.73 Å². The minimum atomic E-state index is -2.89. The van der Waals surface area contributed by atoms with Crippen LogP contribution in [0.15, 0.2) is 35.4 Å². The van der Waals surface area contributed by atoms with Gasteiger partial charge in [-0.1, -0.05) is 49.0 Å². The van der Waals surface area contributed by atoms with Crippen LogP contribution in [0.25, 0.3) is 0 Å². The molecule has 1 unspecified atom stereocenters. The van der Waals surface area contributed by atoms with Crippen molar-refractivity contribution in [2.75, 3.05) is 18.0 Å². The van der Waals surface area contributed by atoms with Gasteiger partial charge in [0, 0.05) is 13.0 Å². The van der Waals surface area contributed by atoms with E-state index >= 15 is 0 Å². The molecule has 6 nitrogen and oxygen atoms in total. The maximum atomic E-state index is 14.1. The lowest BCUT2D eigenvalue weighted by molar-refractivity contribution is -0.117. The van der Waals surface area contributed by atoms with E-state index in [1.54, 1.807) is 37.3 Å². The molecule has 9 heteroatoms. The summed E-state index contributed by atoms with van der Waals surface area (Å²) in [6.45, 7) is 1.56. The van der Waals surface area contributed by atoms with Crippen molar-refractivity contribution in [3.05, 3.63) is 52.6 Å². The first kappa shape index (κ1) is 22.5. The average molecular weight is 442 g/mol. The zero-order valence-corrected chi connectivity index (χ0v) is 17.8. The minimum absolute atomic E-state index is 0.122. The van der Waals surface area contributed by atoms with E-state index in [-0.39, 0.29) is 34.8 Å². The number of nitrogens with two attached hydrogens (primary N) is 1. The van der Waals surface area contributed by atoms with Crippen molar-refractivity contribution in [3.8, 4) is 12.1 Å². The number of primary amides is 1. The fourth-order valence-corrected chi connectivity index (χ4v) is 4.73. The monoisotopic (exact) mass is 441 g/mol. The van der Waals surface area contributed by atoms with Gasteiger partial charge in [0.1, 0.15) is 28.2 Å². The van der Waals surface area contributed by atoms with Crippen molar-refractivity contribution in [2.24, 2.45) is 5.73 Å².